The average Bonchev–Trinajstić information content (AvgIpc) is 2.97. The molecule has 1 unspecified atom stereocenters. The van der Waals surface area contributed by atoms with Crippen molar-refractivity contribution >= 4 is 5.95 Å². The molecule has 3 rings (SSSR count). The van der Waals surface area contributed by atoms with Gasteiger partial charge in [-0.05, 0) is 25.8 Å². The molecular formula is C12H17N5O. The molecule has 3 N–H and O–H groups in total. The topological polar surface area (TPSA) is 84.0 Å². The van der Waals surface area contributed by atoms with Crippen LogP contribution in [0.2, 0.25) is 0 Å². The number of aromatic amines is 1. The molecule has 3 heterocycles. The fourth-order valence-corrected chi connectivity index (χ4v) is 2.28. The number of furan rings is 1. The highest BCUT2D eigenvalue weighted by Gasteiger charge is 2.20. The van der Waals surface area contributed by atoms with E-state index in [2.05, 4.69) is 20.1 Å². The first-order valence-electron chi connectivity index (χ1n) is 6.21. The van der Waals surface area contributed by atoms with Gasteiger partial charge in [0.05, 0.1) is 5.56 Å². The molecule has 2 aromatic heterocycles. The first kappa shape index (κ1) is 11.3. The lowest BCUT2D eigenvalue weighted by Gasteiger charge is -2.29. The number of nitrogens with zero attached hydrogens (tertiary/aromatic N) is 3. The molecule has 18 heavy (non-hydrogen) atoms. The Balaban J connectivity index is 1.80. The molecule has 0 aromatic carbocycles. The summed E-state index contributed by atoms with van der Waals surface area (Å²) < 4.78 is 5.27. The molecule has 2 aromatic rings. The number of nitrogens with two attached hydrogens (primary N) is 1. The van der Waals surface area contributed by atoms with Crippen LogP contribution in [-0.2, 0) is 0 Å². The molecular weight excluding hydrogens is 230 g/mol. The van der Waals surface area contributed by atoms with Crippen LogP contribution in [0.3, 0.4) is 0 Å². The number of nitrogens with one attached hydrogen (secondary N) is 1. The highest BCUT2D eigenvalue weighted by Crippen LogP contribution is 2.21. The number of hydrogen-bond donors (Lipinski definition) is 2. The van der Waals surface area contributed by atoms with Gasteiger partial charge >= 0.3 is 0 Å². The standard InChI is InChI=1S/C12H17N5O/c1-8-5-9(7-18-8)11-14-12(16-15-11)17-4-2-3-10(13)6-17/h5,7,10H,2-4,6,13H2,1H3,(H,14,15,16). The van der Waals surface area contributed by atoms with E-state index in [1.165, 1.54) is 0 Å². The Hall–Kier alpha value is -1.82. The molecule has 1 saturated heterocycles. The molecule has 1 fully saturated rings. The van der Waals surface area contributed by atoms with Crippen molar-refractivity contribution in [3.05, 3.63) is 18.1 Å². The minimum atomic E-state index is 0.219. The van der Waals surface area contributed by atoms with E-state index in [4.69, 9.17) is 10.2 Å². The fourth-order valence-electron chi connectivity index (χ4n) is 2.28. The van der Waals surface area contributed by atoms with E-state index in [-0.39, 0.29) is 6.04 Å². The zero-order valence-corrected chi connectivity index (χ0v) is 10.4. The van der Waals surface area contributed by atoms with E-state index in [9.17, 15) is 0 Å². The molecule has 0 radical (unpaired) electrons. The normalized spacial score (nSPS) is 20.3. The van der Waals surface area contributed by atoms with Gasteiger partial charge in [0.1, 0.15) is 12.0 Å². The monoisotopic (exact) mass is 247 g/mol. The molecule has 6 heteroatoms. The number of piperidine rings is 1. The average molecular weight is 247 g/mol. The zero-order valence-electron chi connectivity index (χ0n) is 10.4. The lowest BCUT2D eigenvalue weighted by molar-refractivity contribution is 0.500. The first-order valence-corrected chi connectivity index (χ1v) is 6.21. The molecule has 1 atom stereocenters. The molecule has 0 saturated carbocycles. The van der Waals surface area contributed by atoms with Crippen molar-refractivity contribution in [1.82, 2.24) is 15.2 Å². The van der Waals surface area contributed by atoms with Crippen LogP contribution in [0.1, 0.15) is 18.6 Å². The second-order valence-corrected chi connectivity index (χ2v) is 4.78. The molecule has 0 spiro atoms. The molecule has 6 nitrogen and oxygen atoms in total. The van der Waals surface area contributed by atoms with E-state index in [0.717, 1.165) is 49.0 Å². The Morgan fingerprint density at radius 1 is 1.56 bits per heavy atom. The minimum absolute atomic E-state index is 0.219. The van der Waals surface area contributed by atoms with Crippen LogP contribution in [0, 0.1) is 6.92 Å². The van der Waals surface area contributed by atoms with E-state index in [1.807, 2.05) is 13.0 Å². The van der Waals surface area contributed by atoms with Crippen LogP contribution >= 0.6 is 0 Å². The van der Waals surface area contributed by atoms with Gasteiger partial charge in [0.2, 0.25) is 5.95 Å². The Kier molecular flexibility index (Phi) is 2.79. The quantitative estimate of drug-likeness (QED) is 0.835. The van der Waals surface area contributed by atoms with Crippen LogP contribution in [-0.4, -0.2) is 34.3 Å². The third-order valence-corrected chi connectivity index (χ3v) is 3.22. The van der Waals surface area contributed by atoms with Crippen LogP contribution < -0.4 is 10.6 Å². The summed E-state index contributed by atoms with van der Waals surface area (Å²) in [6, 6.07) is 2.16. The Labute approximate surface area is 105 Å². The molecule has 1 aliphatic rings. The lowest BCUT2D eigenvalue weighted by atomic mass is 10.1. The highest BCUT2D eigenvalue weighted by molar-refractivity contribution is 5.55. The summed E-state index contributed by atoms with van der Waals surface area (Å²) in [4.78, 5) is 6.62. The molecule has 0 amide bonds. The predicted molar refractivity (Wildman–Crippen MR) is 68.2 cm³/mol. The van der Waals surface area contributed by atoms with Gasteiger partial charge in [-0.1, -0.05) is 0 Å². The van der Waals surface area contributed by atoms with Crippen LogP contribution in [0.5, 0.6) is 0 Å². The third-order valence-electron chi connectivity index (χ3n) is 3.22. The molecule has 0 aliphatic carbocycles. The summed E-state index contributed by atoms with van der Waals surface area (Å²) in [5.74, 6) is 2.32. The van der Waals surface area contributed by atoms with Gasteiger partial charge in [-0.15, -0.1) is 5.10 Å². The van der Waals surface area contributed by atoms with Crippen molar-refractivity contribution in [1.29, 1.82) is 0 Å². The summed E-state index contributed by atoms with van der Waals surface area (Å²) in [6.07, 6.45) is 3.85. The second-order valence-electron chi connectivity index (χ2n) is 4.78. The van der Waals surface area contributed by atoms with Gasteiger partial charge < -0.3 is 15.1 Å². The number of aryl methyl sites for hydroxylation is 1. The number of anilines is 1. The SMILES string of the molecule is Cc1cc(-c2nc(N3CCCC(N)C3)n[nH]2)co1. The summed E-state index contributed by atoms with van der Waals surface area (Å²) in [7, 11) is 0. The Bertz CT molecular complexity index is 532. The highest BCUT2D eigenvalue weighted by atomic mass is 16.3. The van der Waals surface area contributed by atoms with Crippen LogP contribution in [0.25, 0.3) is 11.4 Å². The summed E-state index contributed by atoms with van der Waals surface area (Å²) in [5.41, 5.74) is 6.88. The van der Waals surface area contributed by atoms with Gasteiger partial charge in [0.15, 0.2) is 5.82 Å². The van der Waals surface area contributed by atoms with E-state index in [1.54, 1.807) is 6.26 Å². The van der Waals surface area contributed by atoms with Gasteiger partial charge in [0, 0.05) is 19.1 Å². The third kappa shape index (κ3) is 2.11. The van der Waals surface area contributed by atoms with Gasteiger partial charge in [-0.25, -0.2) is 0 Å². The largest absolute Gasteiger partial charge is 0.469 e. The molecule has 1 aliphatic heterocycles. The first-order chi connectivity index (χ1) is 8.72. The van der Waals surface area contributed by atoms with Crippen LogP contribution in [0.15, 0.2) is 16.7 Å². The summed E-state index contributed by atoms with van der Waals surface area (Å²) in [5, 5.41) is 7.20. The van der Waals surface area contributed by atoms with Crippen molar-refractivity contribution < 1.29 is 4.42 Å². The molecule has 96 valence electrons. The minimum Gasteiger partial charge on any atom is -0.469 e. The van der Waals surface area contributed by atoms with Gasteiger partial charge in [0.25, 0.3) is 0 Å². The van der Waals surface area contributed by atoms with Crippen molar-refractivity contribution in [2.24, 2.45) is 5.73 Å². The summed E-state index contributed by atoms with van der Waals surface area (Å²) in [6.45, 7) is 3.70. The van der Waals surface area contributed by atoms with Crippen molar-refractivity contribution in [2.75, 3.05) is 18.0 Å². The lowest BCUT2D eigenvalue weighted by Crippen LogP contribution is -2.43. The Morgan fingerprint density at radius 2 is 2.44 bits per heavy atom. The van der Waals surface area contributed by atoms with Crippen LogP contribution in [0.4, 0.5) is 5.95 Å². The van der Waals surface area contributed by atoms with Crippen molar-refractivity contribution in [2.45, 2.75) is 25.8 Å². The van der Waals surface area contributed by atoms with Crippen molar-refractivity contribution in [3.63, 3.8) is 0 Å². The number of aromatic nitrogens is 3. The zero-order chi connectivity index (χ0) is 12.5. The number of H-pyrrole nitrogens is 1. The number of hydrogen-bond acceptors (Lipinski definition) is 5. The van der Waals surface area contributed by atoms with E-state index < -0.39 is 0 Å². The predicted octanol–water partition coefficient (Wildman–Crippen LogP) is 1.30. The Morgan fingerprint density at radius 3 is 3.17 bits per heavy atom. The number of rotatable bonds is 2. The smallest absolute Gasteiger partial charge is 0.245 e. The summed E-state index contributed by atoms with van der Waals surface area (Å²) >= 11 is 0. The maximum absolute atomic E-state index is 5.96. The molecule has 0 bridgehead atoms. The maximum Gasteiger partial charge on any atom is 0.245 e. The van der Waals surface area contributed by atoms with E-state index >= 15 is 0 Å². The maximum atomic E-state index is 5.96. The van der Waals surface area contributed by atoms with E-state index in [0.29, 0.717) is 0 Å². The van der Waals surface area contributed by atoms with Crippen molar-refractivity contribution in [3.8, 4) is 11.4 Å². The van der Waals surface area contributed by atoms with Gasteiger partial charge in [-0.3, -0.25) is 5.10 Å². The fraction of sp³-hybridized carbons (Fsp3) is 0.500. The second kappa shape index (κ2) is 4.45. The van der Waals surface area contributed by atoms with Gasteiger partial charge in [-0.2, -0.15) is 4.98 Å².